The predicted molar refractivity (Wildman–Crippen MR) is 95.2 cm³/mol. The van der Waals surface area contributed by atoms with Gasteiger partial charge in [0.1, 0.15) is 0 Å². The Morgan fingerprint density at radius 3 is 2.00 bits per heavy atom. The molecule has 20 heavy (non-hydrogen) atoms. The Morgan fingerprint density at radius 2 is 1.40 bits per heavy atom. The number of hydrogen-bond donors (Lipinski definition) is 0. The van der Waals surface area contributed by atoms with Crippen LogP contribution in [0.5, 0.6) is 0 Å². The van der Waals surface area contributed by atoms with Gasteiger partial charge in [-0.2, -0.15) is 0 Å². The third-order valence-corrected chi connectivity index (χ3v) is 4.27. The standard InChI is InChI=1S/C19H29Br/c1-2-3-4-5-6-7-8-9-13-16-19(20)17-18-14-11-10-12-15-18/h10-12,14-15,17H,2-9,13,16H2,1H3/b19-17-. The van der Waals surface area contributed by atoms with Crippen LogP contribution in [0.15, 0.2) is 34.8 Å². The lowest BCUT2D eigenvalue weighted by Gasteiger charge is -2.02. The van der Waals surface area contributed by atoms with E-state index < -0.39 is 0 Å². The number of unbranched alkanes of at least 4 members (excludes halogenated alkanes) is 8. The fourth-order valence-electron chi connectivity index (χ4n) is 2.41. The molecule has 0 spiro atoms. The molecular formula is C19H29Br. The molecule has 0 fully saturated rings. The highest BCUT2D eigenvalue weighted by molar-refractivity contribution is 9.11. The quantitative estimate of drug-likeness (QED) is 0.370. The zero-order valence-electron chi connectivity index (χ0n) is 12.9. The molecule has 0 aliphatic carbocycles. The van der Waals surface area contributed by atoms with Crippen LogP contribution in [0.4, 0.5) is 0 Å². The average molecular weight is 337 g/mol. The van der Waals surface area contributed by atoms with Crippen molar-refractivity contribution in [2.75, 3.05) is 0 Å². The molecule has 0 bridgehead atoms. The van der Waals surface area contributed by atoms with Gasteiger partial charge in [-0.3, -0.25) is 0 Å². The van der Waals surface area contributed by atoms with Crippen molar-refractivity contribution in [3.63, 3.8) is 0 Å². The first-order chi connectivity index (χ1) is 9.83. The highest BCUT2D eigenvalue weighted by Gasteiger charge is 1.95. The zero-order chi connectivity index (χ0) is 14.5. The first-order valence-electron chi connectivity index (χ1n) is 8.24. The molecule has 0 unspecified atom stereocenters. The molecule has 1 aromatic carbocycles. The Kier molecular flexibility index (Phi) is 10.7. The van der Waals surface area contributed by atoms with Crippen LogP contribution < -0.4 is 0 Å². The second-order valence-electron chi connectivity index (χ2n) is 5.58. The fraction of sp³-hybridized carbons (Fsp3) is 0.579. The molecule has 0 saturated carbocycles. The van der Waals surface area contributed by atoms with Gasteiger partial charge in [-0.15, -0.1) is 0 Å². The molecule has 0 nitrogen and oxygen atoms in total. The maximum absolute atomic E-state index is 3.69. The zero-order valence-corrected chi connectivity index (χ0v) is 14.5. The summed E-state index contributed by atoms with van der Waals surface area (Å²) < 4.78 is 1.33. The Bertz CT molecular complexity index is 353. The number of rotatable bonds is 11. The molecule has 1 aromatic rings. The van der Waals surface area contributed by atoms with E-state index in [9.17, 15) is 0 Å². The number of benzene rings is 1. The summed E-state index contributed by atoms with van der Waals surface area (Å²) in [4.78, 5) is 0. The van der Waals surface area contributed by atoms with E-state index in [0.717, 1.165) is 0 Å². The monoisotopic (exact) mass is 336 g/mol. The highest BCUT2D eigenvalue weighted by atomic mass is 79.9. The van der Waals surface area contributed by atoms with Crippen molar-refractivity contribution in [2.45, 2.75) is 71.1 Å². The fourth-order valence-corrected chi connectivity index (χ4v) is 2.95. The largest absolute Gasteiger partial charge is 0.0654 e. The van der Waals surface area contributed by atoms with E-state index in [1.54, 1.807) is 0 Å². The summed E-state index contributed by atoms with van der Waals surface area (Å²) in [5.41, 5.74) is 1.29. The van der Waals surface area contributed by atoms with Crippen LogP contribution in [0.25, 0.3) is 6.08 Å². The molecule has 112 valence electrons. The van der Waals surface area contributed by atoms with Crippen LogP contribution in [0, 0.1) is 0 Å². The molecule has 0 aliphatic rings. The van der Waals surface area contributed by atoms with E-state index in [1.165, 1.54) is 74.3 Å². The van der Waals surface area contributed by atoms with E-state index in [2.05, 4.69) is 59.3 Å². The highest BCUT2D eigenvalue weighted by Crippen LogP contribution is 2.19. The summed E-state index contributed by atoms with van der Waals surface area (Å²) in [5.74, 6) is 0. The molecular weight excluding hydrogens is 308 g/mol. The summed E-state index contributed by atoms with van der Waals surface area (Å²) in [5, 5.41) is 0. The van der Waals surface area contributed by atoms with Crippen LogP contribution >= 0.6 is 15.9 Å². The van der Waals surface area contributed by atoms with E-state index in [1.807, 2.05) is 0 Å². The van der Waals surface area contributed by atoms with Crippen LogP contribution in [-0.4, -0.2) is 0 Å². The maximum Gasteiger partial charge on any atom is -0.00434 e. The average Bonchev–Trinajstić information content (AvgIpc) is 2.46. The number of hydrogen-bond acceptors (Lipinski definition) is 0. The van der Waals surface area contributed by atoms with Crippen molar-refractivity contribution >= 4 is 22.0 Å². The van der Waals surface area contributed by atoms with Crippen molar-refractivity contribution < 1.29 is 0 Å². The lowest BCUT2D eigenvalue weighted by Crippen LogP contribution is -1.82. The van der Waals surface area contributed by atoms with Gasteiger partial charge in [0.25, 0.3) is 0 Å². The summed E-state index contributed by atoms with van der Waals surface area (Å²) in [6.45, 7) is 2.28. The Hall–Kier alpha value is -0.560. The summed E-state index contributed by atoms with van der Waals surface area (Å²) in [6, 6.07) is 10.5. The lowest BCUT2D eigenvalue weighted by atomic mass is 10.1. The lowest BCUT2D eigenvalue weighted by molar-refractivity contribution is 0.566. The third kappa shape index (κ3) is 9.36. The van der Waals surface area contributed by atoms with Gasteiger partial charge in [-0.1, -0.05) is 105 Å². The molecule has 1 heteroatoms. The van der Waals surface area contributed by atoms with E-state index in [0.29, 0.717) is 0 Å². The van der Waals surface area contributed by atoms with Crippen molar-refractivity contribution in [3.05, 3.63) is 40.4 Å². The summed E-state index contributed by atoms with van der Waals surface area (Å²) in [7, 11) is 0. The predicted octanol–water partition coefficient (Wildman–Crippen LogP) is 7.34. The van der Waals surface area contributed by atoms with E-state index in [-0.39, 0.29) is 0 Å². The van der Waals surface area contributed by atoms with Gasteiger partial charge in [0, 0.05) is 0 Å². The minimum absolute atomic E-state index is 1.17. The van der Waals surface area contributed by atoms with Gasteiger partial charge in [-0.25, -0.2) is 0 Å². The molecule has 0 radical (unpaired) electrons. The van der Waals surface area contributed by atoms with Crippen LogP contribution in [-0.2, 0) is 0 Å². The Balaban J connectivity index is 2.00. The smallest absolute Gasteiger partial charge is 0.00434 e. The van der Waals surface area contributed by atoms with Crippen LogP contribution in [0.3, 0.4) is 0 Å². The van der Waals surface area contributed by atoms with Gasteiger partial charge in [0.2, 0.25) is 0 Å². The summed E-state index contributed by atoms with van der Waals surface area (Å²) in [6.07, 6.45) is 16.0. The molecule has 0 aliphatic heterocycles. The van der Waals surface area contributed by atoms with Crippen molar-refractivity contribution in [1.82, 2.24) is 0 Å². The molecule has 0 amide bonds. The molecule has 0 N–H and O–H groups in total. The van der Waals surface area contributed by atoms with Crippen molar-refractivity contribution in [3.8, 4) is 0 Å². The van der Waals surface area contributed by atoms with Crippen molar-refractivity contribution in [2.24, 2.45) is 0 Å². The van der Waals surface area contributed by atoms with E-state index in [4.69, 9.17) is 0 Å². The normalized spacial score (nSPS) is 11.8. The SMILES string of the molecule is CCCCCCCCCCC/C(Br)=C/c1ccccc1. The molecule has 0 heterocycles. The Labute approximate surface area is 133 Å². The van der Waals surface area contributed by atoms with Gasteiger partial charge in [0.05, 0.1) is 0 Å². The first kappa shape index (κ1) is 17.5. The van der Waals surface area contributed by atoms with Gasteiger partial charge >= 0.3 is 0 Å². The number of halogens is 1. The maximum atomic E-state index is 3.69. The van der Waals surface area contributed by atoms with Gasteiger partial charge < -0.3 is 0 Å². The minimum atomic E-state index is 1.17. The van der Waals surface area contributed by atoms with Gasteiger partial charge in [-0.05, 0) is 29.0 Å². The molecule has 0 saturated heterocycles. The third-order valence-electron chi connectivity index (χ3n) is 3.64. The van der Waals surface area contributed by atoms with Crippen LogP contribution in [0.1, 0.15) is 76.7 Å². The topological polar surface area (TPSA) is 0 Å². The second-order valence-corrected chi connectivity index (χ2v) is 6.60. The number of allylic oxidation sites excluding steroid dienone is 1. The van der Waals surface area contributed by atoms with Crippen molar-refractivity contribution in [1.29, 1.82) is 0 Å². The summed E-state index contributed by atoms with van der Waals surface area (Å²) >= 11 is 3.69. The molecule has 0 aromatic heterocycles. The second kappa shape index (κ2) is 12.2. The molecule has 0 atom stereocenters. The van der Waals surface area contributed by atoms with E-state index >= 15 is 0 Å². The molecule has 1 rings (SSSR count). The minimum Gasteiger partial charge on any atom is -0.0654 e. The Morgan fingerprint density at radius 1 is 0.850 bits per heavy atom. The first-order valence-corrected chi connectivity index (χ1v) is 9.03. The van der Waals surface area contributed by atoms with Gasteiger partial charge in [0.15, 0.2) is 0 Å². The van der Waals surface area contributed by atoms with Crippen LogP contribution in [0.2, 0.25) is 0 Å².